The van der Waals surface area contributed by atoms with Gasteiger partial charge in [0.25, 0.3) is 0 Å². The average Bonchev–Trinajstić information content (AvgIpc) is 2.90. The number of nitrogens with two attached hydrogens (primary N) is 1. The van der Waals surface area contributed by atoms with Gasteiger partial charge in [0.05, 0.1) is 25.3 Å². The molecule has 21 heavy (non-hydrogen) atoms. The number of methoxy groups -OCH3 is 2. The standard InChI is InChI=1S/C15H14BrN3O2/c1-20-13-6-11-12(7-14(13)21-2)19-15(18-11)9-5-8(17)3-4-10(9)16/h3-7H,17H2,1-2H3,(H,18,19). The smallest absolute Gasteiger partial charge is 0.163 e. The molecule has 0 aliphatic heterocycles. The molecule has 0 bridgehead atoms. The fraction of sp³-hybridized carbons (Fsp3) is 0.133. The third-order valence-electron chi connectivity index (χ3n) is 3.23. The molecular weight excluding hydrogens is 334 g/mol. The van der Waals surface area contributed by atoms with Crippen LogP contribution in [0.5, 0.6) is 11.5 Å². The van der Waals surface area contributed by atoms with Gasteiger partial charge in [0, 0.05) is 27.9 Å². The van der Waals surface area contributed by atoms with Crippen molar-refractivity contribution in [3.8, 4) is 22.9 Å². The van der Waals surface area contributed by atoms with E-state index in [1.165, 1.54) is 0 Å². The highest BCUT2D eigenvalue weighted by molar-refractivity contribution is 9.10. The molecule has 0 aliphatic carbocycles. The number of ether oxygens (including phenoxy) is 2. The molecular formula is C15H14BrN3O2. The van der Waals surface area contributed by atoms with Crippen molar-refractivity contribution < 1.29 is 9.47 Å². The number of hydrogen-bond acceptors (Lipinski definition) is 4. The van der Waals surface area contributed by atoms with E-state index in [9.17, 15) is 0 Å². The van der Waals surface area contributed by atoms with E-state index in [1.807, 2.05) is 30.3 Å². The third kappa shape index (κ3) is 2.42. The summed E-state index contributed by atoms with van der Waals surface area (Å²) in [7, 11) is 3.21. The van der Waals surface area contributed by atoms with Gasteiger partial charge in [0.1, 0.15) is 5.82 Å². The van der Waals surface area contributed by atoms with Crippen LogP contribution in [0.2, 0.25) is 0 Å². The van der Waals surface area contributed by atoms with Gasteiger partial charge in [0.2, 0.25) is 0 Å². The Labute approximate surface area is 130 Å². The van der Waals surface area contributed by atoms with E-state index in [2.05, 4.69) is 25.9 Å². The van der Waals surface area contributed by atoms with Crippen molar-refractivity contribution in [2.75, 3.05) is 20.0 Å². The number of halogens is 1. The summed E-state index contributed by atoms with van der Waals surface area (Å²) in [5.74, 6) is 2.04. The molecule has 0 aliphatic rings. The molecule has 0 atom stereocenters. The van der Waals surface area contributed by atoms with Gasteiger partial charge in [-0.3, -0.25) is 0 Å². The van der Waals surface area contributed by atoms with Crippen LogP contribution in [-0.2, 0) is 0 Å². The topological polar surface area (TPSA) is 73.2 Å². The first kappa shape index (κ1) is 13.8. The monoisotopic (exact) mass is 347 g/mol. The van der Waals surface area contributed by atoms with E-state index in [-0.39, 0.29) is 0 Å². The Morgan fingerprint density at radius 2 is 1.81 bits per heavy atom. The van der Waals surface area contributed by atoms with Crippen LogP contribution in [0.3, 0.4) is 0 Å². The summed E-state index contributed by atoms with van der Waals surface area (Å²) < 4.78 is 11.5. The number of benzene rings is 2. The van der Waals surface area contributed by atoms with Crippen LogP contribution in [0.25, 0.3) is 22.4 Å². The van der Waals surface area contributed by atoms with Gasteiger partial charge in [0.15, 0.2) is 11.5 Å². The third-order valence-corrected chi connectivity index (χ3v) is 3.92. The normalized spacial score (nSPS) is 10.8. The van der Waals surface area contributed by atoms with Gasteiger partial charge in [-0.1, -0.05) is 15.9 Å². The highest BCUT2D eigenvalue weighted by Crippen LogP contribution is 2.34. The largest absolute Gasteiger partial charge is 0.493 e. The first-order valence-corrected chi connectivity index (χ1v) is 7.09. The van der Waals surface area contributed by atoms with E-state index in [1.54, 1.807) is 14.2 Å². The summed E-state index contributed by atoms with van der Waals surface area (Å²) in [5, 5.41) is 0. The molecule has 2 aromatic carbocycles. The number of fused-ring (bicyclic) bond motifs is 1. The SMILES string of the molecule is COc1cc2nc(-c3cc(N)ccc3Br)[nH]c2cc1OC. The number of H-pyrrole nitrogens is 1. The van der Waals surface area contributed by atoms with Crippen LogP contribution < -0.4 is 15.2 Å². The fourth-order valence-electron chi connectivity index (χ4n) is 2.19. The summed E-state index contributed by atoms with van der Waals surface area (Å²) in [6.07, 6.45) is 0. The van der Waals surface area contributed by atoms with Crippen LogP contribution in [0.4, 0.5) is 5.69 Å². The Morgan fingerprint density at radius 3 is 2.52 bits per heavy atom. The van der Waals surface area contributed by atoms with E-state index in [0.717, 1.165) is 26.9 Å². The van der Waals surface area contributed by atoms with Gasteiger partial charge in [-0.15, -0.1) is 0 Å². The lowest BCUT2D eigenvalue weighted by molar-refractivity contribution is 0.356. The number of hydrogen-bond donors (Lipinski definition) is 2. The quantitative estimate of drug-likeness (QED) is 0.710. The fourth-order valence-corrected chi connectivity index (χ4v) is 2.62. The van der Waals surface area contributed by atoms with Gasteiger partial charge in [-0.2, -0.15) is 0 Å². The lowest BCUT2D eigenvalue weighted by Gasteiger charge is -2.06. The van der Waals surface area contributed by atoms with Crippen molar-refractivity contribution in [1.29, 1.82) is 0 Å². The van der Waals surface area contributed by atoms with Crippen LogP contribution in [0, 0.1) is 0 Å². The Balaban J connectivity index is 2.19. The van der Waals surface area contributed by atoms with Crippen LogP contribution in [0.1, 0.15) is 0 Å². The molecule has 3 rings (SSSR count). The minimum absolute atomic E-state index is 0.648. The lowest BCUT2D eigenvalue weighted by Crippen LogP contribution is -1.89. The maximum Gasteiger partial charge on any atom is 0.163 e. The summed E-state index contributed by atoms with van der Waals surface area (Å²) in [4.78, 5) is 7.87. The lowest BCUT2D eigenvalue weighted by atomic mass is 10.2. The second-order valence-electron chi connectivity index (χ2n) is 4.55. The highest BCUT2D eigenvalue weighted by atomic mass is 79.9. The maximum absolute atomic E-state index is 5.85. The Hall–Kier alpha value is -2.21. The zero-order valence-electron chi connectivity index (χ0n) is 11.6. The number of nitrogen functional groups attached to an aromatic ring is 1. The summed E-state index contributed by atoms with van der Waals surface area (Å²) in [5.41, 5.74) is 9.11. The molecule has 0 saturated heterocycles. The Morgan fingerprint density at radius 1 is 1.10 bits per heavy atom. The zero-order chi connectivity index (χ0) is 15.0. The summed E-state index contributed by atoms with van der Waals surface area (Å²) in [6.45, 7) is 0. The number of nitrogens with zero attached hydrogens (tertiary/aromatic N) is 1. The van der Waals surface area contributed by atoms with Crippen LogP contribution in [0.15, 0.2) is 34.8 Å². The molecule has 1 aromatic heterocycles. The molecule has 6 heteroatoms. The molecule has 3 aromatic rings. The summed E-state index contributed by atoms with van der Waals surface area (Å²) in [6, 6.07) is 9.32. The van der Waals surface area contributed by atoms with Crippen molar-refractivity contribution in [2.24, 2.45) is 0 Å². The van der Waals surface area contributed by atoms with Crippen molar-refractivity contribution in [2.45, 2.75) is 0 Å². The molecule has 3 N–H and O–H groups in total. The van der Waals surface area contributed by atoms with E-state index in [0.29, 0.717) is 17.2 Å². The molecule has 0 spiro atoms. The van der Waals surface area contributed by atoms with E-state index < -0.39 is 0 Å². The van der Waals surface area contributed by atoms with Gasteiger partial charge < -0.3 is 20.2 Å². The molecule has 5 nitrogen and oxygen atoms in total. The molecule has 0 amide bonds. The van der Waals surface area contributed by atoms with E-state index >= 15 is 0 Å². The van der Waals surface area contributed by atoms with Gasteiger partial charge >= 0.3 is 0 Å². The molecule has 108 valence electrons. The second kappa shape index (κ2) is 5.29. The summed E-state index contributed by atoms with van der Waals surface area (Å²) >= 11 is 3.52. The number of rotatable bonds is 3. The predicted molar refractivity (Wildman–Crippen MR) is 86.7 cm³/mol. The first-order valence-electron chi connectivity index (χ1n) is 6.29. The number of aromatic nitrogens is 2. The van der Waals surface area contributed by atoms with Crippen molar-refractivity contribution in [1.82, 2.24) is 9.97 Å². The minimum atomic E-state index is 0.648. The zero-order valence-corrected chi connectivity index (χ0v) is 13.2. The molecule has 0 unspecified atom stereocenters. The van der Waals surface area contributed by atoms with Crippen molar-refractivity contribution in [3.05, 3.63) is 34.8 Å². The average molecular weight is 348 g/mol. The van der Waals surface area contributed by atoms with Crippen molar-refractivity contribution in [3.63, 3.8) is 0 Å². The van der Waals surface area contributed by atoms with Crippen molar-refractivity contribution >= 4 is 32.7 Å². The van der Waals surface area contributed by atoms with Crippen LogP contribution >= 0.6 is 15.9 Å². The number of aromatic amines is 1. The van der Waals surface area contributed by atoms with Gasteiger partial charge in [-0.05, 0) is 18.2 Å². The second-order valence-corrected chi connectivity index (χ2v) is 5.40. The molecule has 0 saturated carbocycles. The number of nitrogens with one attached hydrogen (secondary N) is 1. The van der Waals surface area contributed by atoms with E-state index in [4.69, 9.17) is 15.2 Å². The maximum atomic E-state index is 5.85. The predicted octanol–water partition coefficient (Wildman–Crippen LogP) is 3.59. The first-order chi connectivity index (χ1) is 10.1. The van der Waals surface area contributed by atoms with Crippen LogP contribution in [-0.4, -0.2) is 24.2 Å². The number of imidazole rings is 1. The highest BCUT2D eigenvalue weighted by Gasteiger charge is 2.12. The van der Waals surface area contributed by atoms with Gasteiger partial charge in [-0.25, -0.2) is 4.98 Å². The molecule has 0 fully saturated rings. The molecule has 1 heterocycles. The minimum Gasteiger partial charge on any atom is -0.493 e. The Bertz CT molecular complexity index is 773. The number of anilines is 1. The Kier molecular flexibility index (Phi) is 3.47. The molecule has 0 radical (unpaired) electrons.